The number of aliphatic hydroxyl groups is 2. The molecule has 4 aromatic rings. The quantitative estimate of drug-likeness (QED) is 0.0483. The molecule has 4 heterocycles. The van der Waals surface area contributed by atoms with Gasteiger partial charge in [-0.3, -0.25) is 24.0 Å². The zero-order valence-corrected chi connectivity index (χ0v) is 47.2. The van der Waals surface area contributed by atoms with Crippen molar-refractivity contribution in [2.45, 2.75) is 187 Å². The molecule has 412 valence electrons. The lowest BCUT2D eigenvalue weighted by atomic mass is 9.76. The average Bonchev–Trinajstić information content (AvgIpc) is 4.12. The summed E-state index contributed by atoms with van der Waals surface area (Å²) in [6.07, 6.45) is 13.9. The zero-order valence-electron chi connectivity index (χ0n) is 45.6. The number of likely N-dealkylation sites (tertiary alicyclic amines) is 1. The first-order valence-electron chi connectivity index (χ1n) is 28.1. The second-order valence-corrected chi connectivity index (χ2v) is 24.1. The van der Waals surface area contributed by atoms with Crippen molar-refractivity contribution < 1.29 is 34.2 Å². The fraction of sp³-hybridized carbons (Fsp3) is 0.600. The number of aliphatic hydroxyl groups excluding tert-OH is 2. The van der Waals surface area contributed by atoms with Crippen LogP contribution in [0.15, 0.2) is 60.4 Å². The van der Waals surface area contributed by atoms with Gasteiger partial charge in [0.2, 0.25) is 17.7 Å². The summed E-state index contributed by atoms with van der Waals surface area (Å²) in [5, 5.41) is 24.7. The molecule has 0 saturated carbocycles. The molecule has 2 saturated heterocycles. The first-order chi connectivity index (χ1) is 36.5. The standard InChI is InChI=1S/C60H82ClN7O7S/c1-40-33-52(72)54-53(40)56(64-38-63-54)66-29-31-67(32-30-66)58(74)49(43-25-27-45(61)28-26-43)20-16-15-18-46(69)17-13-11-9-7-6-8-10-12-14-19-47(70)34-50(60(3,4)5)59(75)68-37-48(71)35-51(68)57(73)62-36-42-21-23-44(24-22-42)55-41(2)65-39-76-55/h21-28,38-40,48-52,71-72H,6-20,29-37H2,1-5H3,(H,62,73)/t40-,48-,49-,50-,51+,52-/m1/s1. The molecule has 1 aliphatic carbocycles. The number of fused-ring (bicyclic) bond motifs is 1. The van der Waals surface area contributed by atoms with Crippen LogP contribution in [0.4, 0.5) is 5.82 Å². The highest BCUT2D eigenvalue weighted by atomic mass is 35.5. The van der Waals surface area contributed by atoms with E-state index in [4.69, 9.17) is 11.6 Å². The first kappa shape index (κ1) is 58.6. The summed E-state index contributed by atoms with van der Waals surface area (Å²) in [5.74, 6) is 0.0250. The lowest BCUT2D eigenvalue weighted by molar-refractivity contribution is -0.146. The van der Waals surface area contributed by atoms with Gasteiger partial charge in [-0.1, -0.05) is 127 Å². The second kappa shape index (κ2) is 28.0. The highest BCUT2D eigenvalue weighted by molar-refractivity contribution is 7.13. The van der Waals surface area contributed by atoms with Crippen molar-refractivity contribution in [1.82, 2.24) is 30.1 Å². The largest absolute Gasteiger partial charge is 0.391 e. The Morgan fingerprint density at radius 2 is 1.38 bits per heavy atom. The summed E-state index contributed by atoms with van der Waals surface area (Å²) in [4.78, 5) is 88.0. The van der Waals surface area contributed by atoms with Gasteiger partial charge in [0.15, 0.2) is 0 Å². The summed E-state index contributed by atoms with van der Waals surface area (Å²) in [5.41, 5.74) is 6.98. The Labute approximate surface area is 459 Å². The maximum atomic E-state index is 14.1. The predicted octanol–water partition coefficient (Wildman–Crippen LogP) is 10.9. The van der Waals surface area contributed by atoms with E-state index in [0.29, 0.717) is 69.9 Å². The minimum atomic E-state index is -0.808. The molecule has 76 heavy (non-hydrogen) atoms. The number of piperazine rings is 1. The Kier molecular flexibility index (Phi) is 21.6. The zero-order chi connectivity index (χ0) is 54.4. The van der Waals surface area contributed by atoms with E-state index in [1.807, 2.05) is 86.6 Å². The Bertz CT molecular complexity index is 2560. The third-order valence-corrected chi connectivity index (χ3v) is 17.1. The van der Waals surface area contributed by atoms with Gasteiger partial charge in [0, 0.05) is 87.9 Å². The first-order valence-corrected chi connectivity index (χ1v) is 29.3. The van der Waals surface area contributed by atoms with Gasteiger partial charge in [0.05, 0.1) is 39.9 Å². The molecule has 3 aliphatic rings. The van der Waals surface area contributed by atoms with Crippen molar-refractivity contribution in [2.24, 2.45) is 11.3 Å². The molecule has 0 bridgehead atoms. The molecule has 16 heteroatoms. The molecular weight excluding hydrogens is 998 g/mol. The summed E-state index contributed by atoms with van der Waals surface area (Å²) in [7, 11) is 0. The van der Waals surface area contributed by atoms with Crippen LogP contribution in [-0.4, -0.2) is 109 Å². The normalized spacial score (nSPS) is 19.4. The lowest BCUT2D eigenvalue weighted by Crippen LogP contribution is -2.50. The average molecular weight is 1080 g/mol. The van der Waals surface area contributed by atoms with Crippen LogP contribution in [0.25, 0.3) is 10.4 Å². The van der Waals surface area contributed by atoms with E-state index in [2.05, 4.69) is 32.1 Å². The summed E-state index contributed by atoms with van der Waals surface area (Å²) in [6.45, 7) is 12.8. The van der Waals surface area contributed by atoms with Crippen LogP contribution in [0.5, 0.6) is 0 Å². The minimum absolute atomic E-state index is 0.0552. The van der Waals surface area contributed by atoms with Crippen molar-refractivity contribution in [3.8, 4) is 10.4 Å². The number of ketones is 2. The van der Waals surface area contributed by atoms with Crippen molar-refractivity contribution in [1.29, 1.82) is 0 Å². The smallest absolute Gasteiger partial charge is 0.243 e. The Morgan fingerprint density at radius 1 is 0.763 bits per heavy atom. The Hall–Kier alpha value is -5.09. The van der Waals surface area contributed by atoms with Crippen LogP contribution in [0.3, 0.4) is 0 Å². The number of hydrogen-bond acceptors (Lipinski definition) is 12. The number of aromatic nitrogens is 3. The second-order valence-electron chi connectivity index (χ2n) is 22.8. The number of carbonyl (C=O) groups excluding carboxylic acids is 5. The summed E-state index contributed by atoms with van der Waals surface area (Å²) >= 11 is 7.82. The van der Waals surface area contributed by atoms with E-state index in [0.717, 1.165) is 115 Å². The van der Waals surface area contributed by atoms with E-state index < -0.39 is 29.6 Å². The van der Waals surface area contributed by atoms with E-state index in [9.17, 15) is 34.2 Å². The van der Waals surface area contributed by atoms with Gasteiger partial charge < -0.3 is 30.2 Å². The molecule has 3 N–H and O–H groups in total. The lowest BCUT2D eigenvalue weighted by Gasteiger charge is -2.38. The van der Waals surface area contributed by atoms with Crippen LogP contribution in [-0.2, 0) is 30.5 Å². The fourth-order valence-electron chi connectivity index (χ4n) is 11.4. The molecule has 0 radical (unpaired) electrons. The molecule has 6 atom stereocenters. The van der Waals surface area contributed by atoms with Gasteiger partial charge in [-0.05, 0) is 79.2 Å². The molecule has 7 rings (SSSR count). The molecule has 14 nitrogen and oxygen atoms in total. The number of rotatable bonds is 27. The number of carbonyl (C=O) groups is 5. The number of halogens is 1. The number of hydrogen-bond donors (Lipinski definition) is 3. The third kappa shape index (κ3) is 16.0. The van der Waals surface area contributed by atoms with Crippen molar-refractivity contribution in [2.75, 3.05) is 37.6 Å². The number of nitrogens with zero attached hydrogens (tertiary/aromatic N) is 6. The van der Waals surface area contributed by atoms with Crippen LogP contribution in [0, 0.1) is 18.3 Å². The molecule has 2 aromatic carbocycles. The SMILES string of the molecule is Cc1ncsc1-c1ccc(CNC(=O)[C@@H]2C[C@@H](O)CN2C(=O)[C@@H](CC(=O)CCCCCCCCCCCC(=O)CCCC[C@@H](C(=O)N2CCN(c3ncnc4c3[C@H](C)C[C@H]4O)CC2)c2ccc(Cl)cc2)C(C)(C)C)cc1. The van der Waals surface area contributed by atoms with Gasteiger partial charge >= 0.3 is 0 Å². The Balaban J connectivity index is 0.734. The van der Waals surface area contributed by atoms with Crippen LogP contribution >= 0.6 is 22.9 Å². The maximum Gasteiger partial charge on any atom is 0.243 e. The van der Waals surface area contributed by atoms with E-state index in [1.54, 1.807) is 11.3 Å². The molecule has 0 spiro atoms. The number of nitrogens with one attached hydrogen (secondary N) is 1. The van der Waals surface area contributed by atoms with E-state index in [-0.39, 0.29) is 60.5 Å². The topological polar surface area (TPSA) is 186 Å². The number of aryl methyl sites for hydroxylation is 1. The summed E-state index contributed by atoms with van der Waals surface area (Å²) in [6, 6.07) is 14.7. The van der Waals surface area contributed by atoms with Gasteiger partial charge in [-0.15, -0.1) is 11.3 Å². The number of Topliss-reactive ketones (excluding diaryl/α,β-unsaturated/α-hetero) is 2. The molecule has 0 unspecified atom stereocenters. The fourth-order valence-corrected chi connectivity index (χ4v) is 12.3. The monoisotopic (exact) mass is 1080 g/mol. The number of benzene rings is 2. The Morgan fingerprint density at radius 3 is 2.00 bits per heavy atom. The van der Waals surface area contributed by atoms with Crippen LogP contribution in [0.1, 0.15) is 189 Å². The molecule has 2 fully saturated rings. The van der Waals surface area contributed by atoms with Gasteiger partial charge in [-0.2, -0.15) is 0 Å². The van der Waals surface area contributed by atoms with Gasteiger partial charge in [0.25, 0.3) is 0 Å². The third-order valence-electron chi connectivity index (χ3n) is 15.9. The predicted molar refractivity (Wildman–Crippen MR) is 300 cm³/mol. The van der Waals surface area contributed by atoms with Crippen molar-refractivity contribution in [3.63, 3.8) is 0 Å². The molecule has 2 aromatic heterocycles. The van der Waals surface area contributed by atoms with E-state index in [1.165, 1.54) is 11.2 Å². The van der Waals surface area contributed by atoms with Gasteiger partial charge in [-0.25, -0.2) is 15.0 Å². The molecular formula is C60H82ClN7O7S. The maximum absolute atomic E-state index is 14.1. The van der Waals surface area contributed by atoms with E-state index >= 15 is 0 Å². The highest BCUT2D eigenvalue weighted by Gasteiger charge is 2.44. The molecule has 3 amide bonds. The number of unbranched alkanes of at least 4 members (excludes halogenated alkanes) is 9. The number of anilines is 1. The molecule has 2 aliphatic heterocycles. The number of β-amino-alcohol motifs (C(OH)–C–C–N with tert-alkyl or cyclic N) is 1. The minimum Gasteiger partial charge on any atom is -0.391 e. The van der Waals surface area contributed by atoms with Gasteiger partial charge in [0.1, 0.15) is 29.8 Å². The highest BCUT2D eigenvalue weighted by Crippen LogP contribution is 2.43. The van der Waals surface area contributed by atoms with Crippen LogP contribution in [0.2, 0.25) is 5.02 Å². The summed E-state index contributed by atoms with van der Waals surface area (Å²) < 4.78 is 0. The number of amides is 3. The van der Waals surface area contributed by atoms with Crippen molar-refractivity contribution in [3.05, 3.63) is 93.5 Å². The van der Waals surface area contributed by atoms with Crippen molar-refractivity contribution >= 4 is 58.0 Å². The number of thiazole rings is 1. The van der Waals surface area contributed by atoms with Crippen LogP contribution < -0.4 is 10.2 Å².